The number of morpholine rings is 1. The minimum atomic E-state index is 0.0848. The quantitative estimate of drug-likeness (QED) is 0.812. The van der Waals surface area contributed by atoms with E-state index in [0.29, 0.717) is 12.0 Å². The lowest BCUT2D eigenvalue weighted by Gasteiger charge is -2.45. The summed E-state index contributed by atoms with van der Waals surface area (Å²) in [6, 6.07) is 0. The van der Waals surface area contributed by atoms with E-state index in [4.69, 9.17) is 4.74 Å². The molecule has 2 nitrogen and oxygen atoms in total. The Hall–Kier alpha value is -0.0800. The van der Waals surface area contributed by atoms with Crippen molar-refractivity contribution in [2.75, 3.05) is 13.1 Å². The fourth-order valence-corrected chi connectivity index (χ4v) is 3.57. The standard InChI is InChI=1S/C15H29NO/c1-4-15(12(2)3)11-16-10-14(17-15)9-13-7-5-6-8-13/h12-14,16H,4-11H2,1-3H3. The zero-order chi connectivity index (χ0) is 12.3. The summed E-state index contributed by atoms with van der Waals surface area (Å²) < 4.78 is 6.48. The predicted molar refractivity (Wildman–Crippen MR) is 72.2 cm³/mol. The molecule has 2 aliphatic rings. The maximum Gasteiger partial charge on any atom is 0.0830 e. The molecule has 0 amide bonds. The summed E-state index contributed by atoms with van der Waals surface area (Å²) in [5.74, 6) is 1.54. The third-order valence-electron chi connectivity index (χ3n) is 4.92. The van der Waals surface area contributed by atoms with Gasteiger partial charge >= 0.3 is 0 Å². The van der Waals surface area contributed by atoms with Crippen LogP contribution in [0.3, 0.4) is 0 Å². The minimum absolute atomic E-state index is 0.0848. The molecule has 0 bridgehead atoms. The van der Waals surface area contributed by atoms with Gasteiger partial charge in [-0.1, -0.05) is 46.5 Å². The summed E-state index contributed by atoms with van der Waals surface area (Å²) in [6.07, 6.45) is 8.60. The zero-order valence-corrected chi connectivity index (χ0v) is 11.8. The van der Waals surface area contributed by atoms with Gasteiger partial charge in [-0.2, -0.15) is 0 Å². The fourth-order valence-electron chi connectivity index (χ4n) is 3.57. The molecule has 100 valence electrons. The molecule has 1 saturated carbocycles. The van der Waals surface area contributed by atoms with Gasteiger partial charge in [0.25, 0.3) is 0 Å². The van der Waals surface area contributed by atoms with Gasteiger partial charge in [-0.25, -0.2) is 0 Å². The highest BCUT2D eigenvalue weighted by molar-refractivity contribution is 4.91. The Kier molecular flexibility index (Phi) is 4.48. The summed E-state index contributed by atoms with van der Waals surface area (Å²) in [6.45, 7) is 8.94. The second-order valence-corrected chi connectivity index (χ2v) is 6.33. The Labute approximate surface area is 107 Å². The van der Waals surface area contributed by atoms with Crippen molar-refractivity contribution in [3.63, 3.8) is 0 Å². The van der Waals surface area contributed by atoms with Gasteiger partial charge in [-0.3, -0.25) is 0 Å². The normalized spacial score (nSPS) is 35.6. The summed E-state index contributed by atoms with van der Waals surface area (Å²) in [7, 11) is 0. The van der Waals surface area contributed by atoms with Crippen LogP contribution in [0.25, 0.3) is 0 Å². The molecule has 0 aromatic carbocycles. The van der Waals surface area contributed by atoms with Gasteiger partial charge in [0.1, 0.15) is 0 Å². The Balaban J connectivity index is 1.91. The van der Waals surface area contributed by atoms with Gasteiger partial charge in [0, 0.05) is 13.1 Å². The molecule has 1 N–H and O–H groups in total. The number of rotatable bonds is 4. The number of ether oxygens (including phenoxy) is 1. The number of hydrogen-bond donors (Lipinski definition) is 1. The SMILES string of the molecule is CCC1(C(C)C)CNCC(CC2CCCC2)O1. The smallest absolute Gasteiger partial charge is 0.0830 e. The van der Waals surface area contributed by atoms with Crippen LogP contribution in [-0.4, -0.2) is 24.8 Å². The molecule has 0 aromatic rings. The van der Waals surface area contributed by atoms with Gasteiger partial charge in [-0.05, 0) is 24.7 Å². The van der Waals surface area contributed by atoms with Crippen LogP contribution in [0.4, 0.5) is 0 Å². The van der Waals surface area contributed by atoms with Crippen LogP contribution >= 0.6 is 0 Å². The Morgan fingerprint density at radius 3 is 2.59 bits per heavy atom. The molecular formula is C15H29NO. The van der Waals surface area contributed by atoms with Crippen molar-refractivity contribution < 1.29 is 4.74 Å². The first-order valence-electron chi connectivity index (χ1n) is 7.55. The third-order valence-corrected chi connectivity index (χ3v) is 4.92. The largest absolute Gasteiger partial charge is 0.369 e. The van der Waals surface area contributed by atoms with Gasteiger partial charge in [0.05, 0.1) is 11.7 Å². The molecule has 0 spiro atoms. The minimum Gasteiger partial charge on any atom is -0.369 e. The van der Waals surface area contributed by atoms with E-state index in [9.17, 15) is 0 Å². The van der Waals surface area contributed by atoms with E-state index >= 15 is 0 Å². The third kappa shape index (κ3) is 3.03. The van der Waals surface area contributed by atoms with E-state index in [-0.39, 0.29) is 5.60 Å². The van der Waals surface area contributed by atoms with Gasteiger partial charge in [0.2, 0.25) is 0 Å². The van der Waals surface area contributed by atoms with Crippen molar-refractivity contribution in [1.29, 1.82) is 0 Å². The number of hydrogen-bond acceptors (Lipinski definition) is 2. The molecule has 2 fully saturated rings. The van der Waals surface area contributed by atoms with E-state index in [0.717, 1.165) is 25.4 Å². The molecule has 2 heteroatoms. The van der Waals surface area contributed by atoms with E-state index in [1.165, 1.54) is 32.1 Å². The van der Waals surface area contributed by atoms with Crippen molar-refractivity contribution >= 4 is 0 Å². The van der Waals surface area contributed by atoms with Crippen LogP contribution in [0, 0.1) is 11.8 Å². The lowest BCUT2D eigenvalue weighted by molar-refractivity contribution is -0.148. The highest BCUT2D eigenvalue weighted by Gasteiger charge is 2.39. The molecule has 0 radical (unpaired) electrons. The maximum absolute atomic E-state index is 6.48. The second kappa shape index (κ2) is 5.71. The van der Waals surface area contributed by atoms with E-state index in [1.807, 2.05) is 0 Å². The Morgan fingerprint density at radius 2 is 2.00 bits per heavy atom. The predicted octanol–water partition coefficient (Wildman–Crippen LogP) is 3.36. The van der Waals surface area contributed by atoms with Gasteiger partial charge < -0.3 is 10.1 Å². The summed E-state index contributed by atoms with van der Waals surface area (Å²) in [4.78, 5) is 0. The molecular weight excluding hydrogens is 210 g/mol. The van der Waals surface area contributed by atoms with Gasteiger partial charge in [0.15, 0.2) is 0 Å². The van der Waals surface area contributed by atoms with Gasteiger partial charge in [-0.15, -0.1) is 0 Å². The van der Waals surface area contributed by atoms with Crippen molar-refractivity contribution in [2.24, 2.45) is 11.8 Å². The van der Waals surface area contributed by atoms with Crippen LogP contribution in [-0.2, 0) is 4.74 Å². The van der Waals surface area contributed by atoms with E-state index < -0.39 is 0 Å². The van der Waals surface area contributed by atoms with Crippen molar-refractivity contribution in [1.82, 2.24) is 5.32 Å². The fraction of sp³-hybridized carbons (Fsp3) is 1.00. The Morgan fingerprint density at radius 1 is 1.29 bits per heavy atom. The van der Waals surface area contributed by atoms with Crippen molar-refractivity contribution in [3.05, 3.63) is 0 Å². The van der Waals surface area contributed by atoms with Crippen LogP contribution < -0.4 is 5.32 Å². The molecule has 1 saturated heterocycles. The molecule has 2 rings (SSSR count). The zero-order valence-electron chi connectivity index (χ0n) is 11.8. The lowest BCUT2D eigenvalue weighted by Crippen LogP contribution is -2.56. The van der Waals surface area contributed by atoms with Crippen molar-refractivity contribution in [2.45, 2.75) is 71.0 Å². The topological polar surface area (TPSA) is 21.3 Å². The van der Waals surface area contributed by atoms with Crippen LogP contribution in [0.2, 0.25) is 0 Å². The first-order chi connectivity index (χ1) is 8.16. The van der Waals surface area contributed by atoms with Crippen molar-refractivity contribution in [3.8, 4) is 0 Å². The van der Waals surface area contributed by atoms with Crippen LogP contribution in [0.5, 0.6) is 0 Å². The monoisotopic (exact) mass is 239 g/mol. The highest BCUT2D eigenvalue weighted by Crippen LogP contribution is 2.34. The molecule has 2 atom stereocenters. The highest BCUT2D eigenvalue weighted by atomic mass is 16.5. The number of nitrogens with one attached hydrogen (secondary N) is 1. The molecule has 1 aliphatic carbocycles. The van der Waals surface area contributed by atoms with Crippen LogP contribution in [0.15, 0.2) is 0 Å². The summed E-state index contributed by atoms with van der Waals surface area (Å²) >= 11 is 0. The van der Waals surface area contributed by atoms with E-state index in [1.54, 1.807) is 0 Å². The maximum atomic E-state index is 6.48. The molecule has 17 heavy (non-hydrogen) atoms. The molecule has 2 unspecified atom stereocenters. The second-order valence-electron chi connectivity index (χ2n) is 6.33. The average Bonchev–Trinajstić information content (AvgIpc) is 2.82. The lowest BCUT2D eigenvalue weighted by atomic mass is 9.85. The van der Waals surface area contributed by atoms with E-state index in [2.05, 4.69) is 26.1 Å². The molecule has 1 aliphatic heterocycles. The first kappa shape index (κ1) is 13.4. The molecule has 0 aromatic heterocycles. The average molecular weight is 239 g/mol. The summed E-state index contributed by atoms with van der Waals surface area (Å²) in [5.41, 5.74) is 0.0848. The summed E-state index contributed by atoms with van der Waals surface area (Å²) in [5, 5.41) is 3.61. The van der Waals surface area contributed by atoms with Crippen LogP contribution in [0.1, 0.15) is 59.3 Å². The Bertz CT molecular complexity index is 235. The molecule has 1 heterocycles. The first-order valence-corrected chi connectivity index (χ1v) is 7.55.